The van der Waals surface area contributed by atoms with Gasteiger partial charge in [-0.05, 0) is 43.5 Å². The average molecular weight is 320 g/mol. The summed E-state index contributed by atoms with van der Waals surface area (Å²) in [5.41, 5.74) is 0.892. The number of hydrogen-bond acceptors (Lipinski definition) is 3. The number of hydrogen-bond donors (Lipinski definition) is 0. The van der Waals surface area contributed by atoms with Crippen molar-refractivity contribution in [1.29, 1.82) is 0 Å². The summed E-state index contributed by atoms with van der Waals surface area (Å²) < 4.78 is 26.5. The Labute approximate surface area is 110 Å². The Hall–Kier alpha value is -0.430. The lowest BCUT2D eigenvalue weighted by molar-refractivity contribution is -0.108. The molecule has 0 amide bonds. The maximum atomic E-state index is 12.2. The van der Waals surface area contributed by atoms with E-state index in [-0.39, 0.29) is 4.90 Å². The van der Waals surface area contributed by atoms with Crippen LogP contribution in [-0.4, -0.2) is 26.0 Å². The molecule has 6 heteroatoms. The quantitative estimate of drug-likeness (QED) is 0.841. The zero-order valence-corrected chi connectivity index (χ0v) is 11.9. The summed E-state index contributed by atoms with van der Waals surface area (Å²) in [6.45, 7) is 2.76. The second-order valence-electron chi connectivity index (χ2n) is 3.98. The fraction of sp³-hybridized carbons (Fsp3) is 0.455. The standard InChI is InChI=1S/C11H14BrNO3S/c1-9-8-10(4-5-11(9)12)17(14,15)13-6-2-3-7-16-13/h4-5,8H,2-3,6-7H2,1H3. The van der Waals surface area contributed by atoms with Gasteiger partial charge in [-0.25, -0.2) is 8.42 Å². The average Bonchev–Trinajstić information content (AvgIpc) is 2.33. The Morgan fingerprint density at radius 2 is 2.12 bits per heavy atom. The zero-order valence-electron chi connectivity index (χ0n) is 9.52. The van der Waals surface area contributed by atoms with Crippen LogP contribution in [-0.2, 0) is 14.9 Å². The van der Waals surface area contributed by atoms with Crippen molar-refractivity contribution in [3.05, 3.63) is 28.2 Å². The van der Waals surface area contributed by atoms with Crippen LogP contribution in [0.1, 0.15) is 18.4 Å². The van der Waals surface area contributed by atoms with Crippen molar-refractivity contribution in [2.75, 3.05) is 13.2 Å². The number of benzene rings is 1. The van der Waals surface area contributed by atoms with E-state index in [9.17, 15) is 8.42 Å². The summed E-state index contributed by atoms with van der Waals surface area (Å²) in [6.07, 6.45) is 1.75. The highest BCUT2D eigenvalue weighted by Crippen LogP contribution is 2.24. The summed E-state index contributed by atoms with van der Waals surface area (Å²) >= 11 is 3.35. The van der Waals surface area contributed by atoms with Gasteiger partial charge < -0.3 is 0 Å². The first-order valence-corrected chi connectivity index (χ1v) is 7.67. The predicted molar refractivity (Wildman–Crippen MR) is 68.0 cm³/mol. The van der Waals surface area contributed by atoms with E-state index >= 15 is 0 Å². The second kappa shape index (κ2) is 5.06. The molecule has 1 aliphatic heterocycles. The minimum Gasteiger partial charge on any atom is -0.284 e. The van der Waals surface area contributed by atoms with E-state index in [1.165, 1.54) is 0 Å². The van der Waals surface area contributed by atoms with E-state index in [0.29, 0.717) is 13.2 Å². The van der Waals surface area contributed by atoms with Gasteiger partial charge in [-0.3, -0.25) is 4.84 Å². The van der Waals surface area contributed by atoms with Gasteiger partial charge in [-0.15, -0.1) is 0 Å². The molecule has 1 fully saturated rings. The third-order valence-corrected chi connectivity index (χ3v) is 5.23. The van der Waals surface area contributed by atoms with E-state index in [0.717, 1.165) is 27.3 Å². The van der Waals surface area contributed by atoms with Crippen LogP contribution in [0.5, 0.6) is 0 Å². The molecule has 94 valence electrons. The summed E-state index contributed by atoms with van der Waals surface area (Å²) in [7, 11) is -3.51. The molecule has 1 heterocycles. The number of nitrogens with zero attached hydrogens (tertiary/aromatic N) is 1. The van der Waals surface area contributed by atoms with Gasteiger partial charge in [0.15, 0.2) is 0 Å². The summed E-state index contributed by atoms with van der Waals surface area (Å²) in [6, 6.07) is 4.98. The van der Waals surface area contributed by atoms with E-state index in [1.54, 1.807) is 18.2 Å². The molecule has 17 heavy (non-hydrogen) atoms. The molecule has 0 spiro atoms. The van der Waals surface area contributed by atoms with Crippen molar-refractivity contribution in [2.45, 2.75) is 24.7 Å². The van der Waals surface area contributed by atoms with Crippen LogP contribution >= 0.6 is 15.9 Å². The highest BCUT2D eigenvalue weighted by Gasteiger charge is 2.27. The molecule has 2 rings (SSSR count). The Morgan fingerprint density at radius 3 is 2.71 bits per heavy atom. The van der Waals surface area contributed by atoms with Gasteiger partial charge in [0.1, 0.15) is 0 Å². The molecule has 0 bridgehead atoms. The number of rotatable bonds is 2. The van der Waals surface area contributed by atoms with Crippen LogP contribution < -0.4 is 0 Å². The molecule has 1 aromatic carbocycles. The molecule has 0 unspecified atom stereocenters. The molecular weight excluding hydrogens is 306 g/mol. The topological polar surface area (TPSA) is 46.6 Å². The molecule has 4 nitrogen and oxygen atoms in total. The fourth-order valence-corrected chi connectivity index (χ4v) is 3.29. The van der Waals surface area contributed by atoms with Crippen LogP contribution in [0.4, 0.5) is 0 Å². The van der Waals surface area contributed by atoms with E-state index < -0.39 is 10.0 Å². The third kappa shape index (κ3) is 2.70. The van der Waals surface area contributed by atoms with Crippen LogP contribution in [0.2, 0.25) is 0 Å². The molecular formula is C11H14BrNO3S. The molecule has 0 atom stereocenters. The van der Waals surface area contributed by atoms with Gasteiger partial charge in [0, 0.05) is 11.0 Å². The summed E-state index contributed by atoms with van der Waals surface area (Å²) in [4.78, 5) is 5.48. The predicted octanol–water partition coefficient (Wildman–Crippen LogP) is 2.47. The Kier molecular flexibility index (Phi) is 3.87. The Morgan fingerprint density at radius 1 is 1.35 bits per heavy atom. The van der Waals surface area contributed by atoms with E-state index in [4.69, 9.17) is 4.84 Å². The van der Waals surface area contributed by atoms with Crippen LogP contribution in [0.3, 0.4) is 0 Å². The zero-order chi connectivity index (χ0) is 12.5. The van der Waals surface area contributed by atoms with Crippen molar-refractivity contribution in [3.8, 4) is 0 Å². The van der Waals surface area contributed by atoms with Crippen molar-refractivity contribution < 1.29 is 13.3 Å². The smallest absolute Gasteiger partial charge is 0.265 e. The van der Waals surface area contributed by atoms with Crippen LogP contribution in [0, 0.1) is 6.92 Å². The molecule has 0 N–H and O–H groups in total. The van der Waals surface area contributed by atoms with Crippen molar-refractivity contribution >= 4 is 26.0 Å². The van der Waals surface area contributed by atoms with Crippen LogP contribution in [0.25, 0.3) is 0 Å². The number of hydroxylamine groups is 1. The minimum absolute atomic E-state index is 0.278. The largest absolute Gasteiger partial charge is 0.284 e. The highest BCUT2D eigenvalue weighted by atomic mass is 79.9. The Bertz CT molecular complexity index is 509. The normalized spacial score (nSPS) is 18.2. The van der Waals surface area contributed by atoms with Gasteiger partial charge in [-0.1, -0.05) is 20.4 Å². The monoisotopic (exact) mass is 319 g/mol. The van der Waals surface area contributed by atoms with Gasteiger partial charge in [0.25, 0.3) is 10.0 Å². The first kappa shape index (κ1) is 13.0. The fourth-order valence-electron chi connectivity index (χ4n) is 1.66. The van der Waals surface area contributed by atoms with Crippen molar-refractivity contribution in [1.82, 2.24) is 4.47 Å². The van der Waals surface area contributed by atoms with Gasteiger partial charge in [-0.2, -0.15) is 0 Å². The summed E-state index contributed by atoms with van der Waals surface area (Å²) in [5, 5.41) is 0. The number of halogens is 1. The third-order valence-electron chi connectivity index (χ3n) is 2.67. The summed E-state index contributed by atoms with van der Waals surface area (Å²) in [5.74, 6) is 0. The van der Waals surface area contributed by atoms with Crippen LogP contribution in [0.15, 0.2) is 27.6 Å². The van der Waals surface area contributed by atoms with E-state index in [1.807, 2.05) is 6.92 Å². The molecule has 0 radical (unpaired) electrons. The van der Waals surface area contributed by atoms with Crippen molar-refractivity contribution in [3.63, 3.8) is 0 Å². The molecule has 0 saturated carbocycles. The first-order valence-electron chi connectivity index (χ1n) is 5.43. The van der Waals surface area contributed by atoms with Gasteiger partial charge in [0.2, 0.25) is 0 Å². The highest BCUT2D eigenvalue weighted by molar-refractivity contribution is 9.10. The molecule has 0 aromatic heterocycles. The molecule has 1 saturated heterocycles. The lowest BCUT2D eigenvalue weighted by Crippen LogP contribution is -2.35. The van der Waals surface area contributed by atoms with E-state index in [2.05, 4.69) is 15.9 Å². The Balaban J connectivity index is 2.33. The molecule has 1 aliphatic rings. The first-order chi connectivity index (χ1) is 8.01. The van der Waals surface area contributed by atoms with Gasteiger partial charge in [0.05, 0.1) is 11.5 Å². The maximum Gasteiger partial charge on any atom is 0.265 e. The minimum atomic E-state index is -3.51. The lowest BCUT2D eigenvalue weighted by Gasteiger charge is -2.25. The number of aryl methyl sites for hydroxylation is 1. The number of sulfonamides is 1. The SMILES string of the molecule is Cc1cc(S(=O)(=O)N2CCCCO2)ccc1Br. The van der Waals surface area contributed by atoms with Gasteiger partial charge >= 0.3 is 0 Å². The lowest BCUT2D eigenvalue weighted by atomic mass is 10.2. The van der Waals surface area contributed by atoms with Crippen molar-refractivity contribution in [2.24, 2.45) is 0 Å². The molecule has 0 aliphatic carbocycles. The maximum absolute atomic E-state index is 12.2. The molecule has 1 aromatic rings. The second-order valence-corrected chi connectivity index (χ2v) is 6.67.